The molecular formula is C23H32IN8P. The molecular weight excluding hydrogens is 546 g/mol. The van der Waals surface area contributed by atoms with Crippen LogP contribution >= 0.6 is 28.4 Å². The Hall–Kier alpha value is -1.57. The van der Waals surface area contributed by atoms with E-state index in [2.05, 4.69) is 51.3 Å². The van der Waals surface area contributed by atoms with Crippen LogP contribution in [0, 0.1) is 16.7 Å². The third kappa shape index (κ3) is 5.57. The van der Waals surface area contributed by atoms with E-state index in [4.69, 9.17) is 21.5 Å². The third-order valence-electron chi connectivity index (χ3n) is 6.98. The summed E-state index contributed by atoms with van der Waals surface area (Å²) in [6, 6.07) is 8.28. The Morgan fingerprint density at radius 1 is 1.36 bits per heavy atom. The van der Waals surface area contributed by atoms with Gasteiger partial charge in [0, 0.05) is 13.1 Å². The number of hydrazine groups is 1. The fourth-order valence-electron chi connectivity index (χ4n) is 4.64. The van der Waals surface area contributed by atoms with Crippen molar-refractivity contribution in [2.24, 2.45) is 17.0 Å². The standard InChI is InChI=1S/C23H32IN8P/c1-23(15-26)6-9-31(10-7-23)20-14-29-21(22(30-20)32(27)33-24)19-12-18-5-4-16(13-25)11-17(18)3-2-8-28-19/h4-5,11,14,19,28,33H,2-3,6-10,12,15,26-27H2,1H3. The smallest absolute Gasteiger partial charge is 0.172 e. The van der Waals surface area contributed by atoms with Gasteiger partial charge in [0.1, 0.15) is 11.5 Å². The lowest BCUT2D eigenvalue weighted by atomic mass is 9.80. The summed E-state index contributed by atoms with van der Waals surface area (Å²) in [5, 5.41) is 13.0. The molecule has 1 fully saturated rings. The Morgan fingerprint density at radius 3 is 2.85 bits per heavy atom. The van der Waals surface area contributed by atoms with Crippen molar-refractivity contribution < 1.29 is 0 Å². The summed E-state index contributed by atoms with van der Waals surface area (Å²) < 4.78 is 1.71. The lowest BCUT2D eigenvalue weighted by molar-refractivity contribution is 0.258. The van der Waals surface area contributed by atoms with Crippen LogP contribution in [0.4, 0.5) is 11.6 Å². The van der Waals surface area contributed by atoms with E-state index in [-0.39, 0.29) is 11.5 Å². The van der Waals surface area contributed by atoms with Crippen molar-refractivity contribution in [3.8, 4) is 6.07 Å². The first kappa shape index (κ1) is 24.6. The van der Waals surface area contributed by atoms with E-state index in [0.29, 0.717) is 12.9 Å². The first-order chi connectivity index (χ1) is 16.0. The number of aromatic nitrogens is 2. The summed E-state index contributed by atoms with van der Waals surface area (Å²) in [5.74, 6) is 8.02. The Balaban J connectivity index is 1.63. The zero-order valence-electron chi connectivity index (χ0n) is 19.0. The van der Waals surface area contributed by atoms with Crippen LogP contribution in [0.2, 0.25) is 0 Å². The molecule has 3 heterocycles. The van der Waals surface area contributed by atoms with Crippen molar-refractivity contribution in [2.75, 3.05) is 35.9 Å². The molecule has 2 aliphatic rings. The lowest BCUT2D eigenvalue weighted by Gasteiger charge is -2.39. The highest BCUT2D eigenvalue weighted by atomic mass is 127. The molecule has 2 unspecified atom stereocenters. The third-order valence-corrected chi connectivity index (χ3v) is 8.93. The number of aryl methyl sites for hydroxylation is 1. The maximum Gasteiger partial charge on any atom is 0.172 e. The van der Waals surface area contributed by atoms with Crippen molar-refractivity contribution in [3.05, 3.63) is 46.8 Å². The molecule has 33 heavy (non-hydrogen) atoms. The maximum absolute atomic E-state index is 9.29. The molecule has 0 spiro atoms. The van der Waals surface area contributed by atoms with E-state index in [0.717, 1.165) is 74.6 Å². The predicted octanol–water partition coefficient (Wildman–Crippen LogP) is 3.36. The van der Waals surface area contributed by atoms with Crippen molar-refractivity contribution in [2.45, 2.75) is 45.1 Å². The second-order valence-corrected chi connectivity index (χ2v) is 11.4. The average Bonchev–Trinajstić information content (AvgIpc) is 2.84. The number of nitrogens with one attached hydrogen (secondary N) is 1. The number of nitrogens with two attached hydrogens (primary N) is 2. The summed E-state index contributed by atoms with van der Waals surface area (Å²) in [6.45, 7) is 5.71. The molecule has 176 valence electrons. The predicted molar refractivity (Wildman–Crippen MR) is 144 cm³/mol. The minimum absolute atomic E-state index is 0.00854. The van der Waals surface area contributed by atoms with Gasteiger partial charge in [0.25, 0.3) is 0 Å². The molecule has 2 atom stereocenters. The molecule has 5 N–H and O–H groups in total. The number of nitrogens with zero attached hydrogens (tertiary/aromatic N) is 5. The summed E-state index contributed by atoms with van der Waals surface area (Å²) >= 11 is 2.28. The SMILES string of the molecule is CC1(CN)CCN(c2cnc(C3Cc4ccc(C#N)cc4CCCN3)c(N(N)PI)n2)CC1. The molecule has 8 nitrogen and oxygen atoms in total. The molecule has 0 aliphatic carbocycles. The van der Waals surface area contributed by atoms with Crippen molar-refractivity contribution >= 4 is 40.1 Å². The largest absolute Gasteiger partial charge is 0.355 e. The van der Waals surface area contributed by atoms with E-state index in [1.165, 1.54) is 11.1 Å². The average molecular weight is 578 g/mol. The molecule has 0 amide bonds. The number of hydrogen-bond donors (Lipinski definition) is 3. The van der Waals surface area contributed by atoms with Crippen LogP contribution in [0.5, 0.6) is 0 Å². The highest BCUT2D eigenvalue weighted by Gasteiger charge is 2.30. The van der Waals surface area contributed by atoms with Crippen LogP contribution in [0.25, 0.3) is 0 Å². The van der Waals surface area contributed by atoms with Gasteiger partial charge in [-0.1, -0.05) is 13.0 Å². The van der Waals surface area contributed by atoms with Crippen LogP contribution in [0.1, 0.15) is 54.6 Å². The second kappa shape index (κ2) is 10.8. The molecule has 4 rings (SSSR count). The van der Waals surface area contributed by atoms with Gasteiger partial charge in [0.15, 0.2) is 5.82 Å². The number of hydrogen-bond acceptors (Lipinski definition) is 8. The van der Waals surface area contributed by atoms with Gasteiger partial charge in [-0.2, -0.15) is 5.26 Å². The van der Waals surface area contributed by atoms with Crippen molar-refractivity contribution in [1.29, 1.82) is 5.26 Å². The van der Waals surface area contributed by atoms with E-state index < -0.39 is 0 Å². The number of halogens is 1. The number of benzene rings is 1. The minimum Gasteiger partial charge on any atom is -0.355 e. The maximum atomic E-state index is 9.29. The molecule has 1 saturated heterocycles. The second-order valence-electron chi connectivity index (χ2n) is 9.30. The van der Waals surface area contributed by atoms with Crippen LogP contribution in [-0.4, -0.2) is 36.1 Å². The van der Waals surface area contributed by atoms with Gasteiger partial charge in [-0.05, 0) is 95.9 Å². The normalized spacial score (nSPS) is 20.7. The molecule has 1 aromatic carbocycles. The van der Waals surface area contributed by atoms with Crippen LogP contribution < -0.4 is 26.6 Å². The summed E-state index contributed by atoms with van der Waals surface area (Å²) in [7, 11) is 0. The topological polar surface area (TPSA) is 120 Å². The van der Waals surface area contributed by atoms with E-state index >= 15 is 0 Å². The molecule has 1 aromatic heterocycles. The highest BCUT2D eigenvalue weighted by molar-refractivity contribution is 14.2. The molecule has 0 saturated carbocycles. The van der Waals surface area contributed by atoms with Gasteiger partial charge in [0.2, 0.25) is 0 Å². The van der Waals surface area contributed by atoms with Gasteiger partial charge in [0.05, 0.1) is 30.2 Å². The molecule has 10 heteroatoms. The van der Waals surface area contributed by atoms with Crippen molar-refractivity contribution in [3.63, 3.8) is 0 Å². The first-order valence-corrected chi connectivity index (χ1v) is 15.5. The van der Waals surface area contributed by atoms with Gasteiger partial charge >= 0.3 is 0 Å². The number of fused-ring (bicyclic) bond motifs is 1. The van der Waals surface area contributed by atoms with E-state index in [1.807, 2.05) is 18.3 Å². The zero-order valence-corrected chi connectivity index (χ0v) is 22.2. The Bertz CT molecular complexity index is 1020. The van der Waals surface area contributed by atoms with Crippen LogP contribution in [0.3, 0.4) is 0 Å². The van der Waals surface area contributed by atoms with Crippen molar-refractivity contribution in [1.82, 2.24) is 15.3 Å². The number of rotatable bonds is 5. The van der Waals surface area contributed by atoms with Crippen LogP contribution in [0.15, 0.2) is 24.4 Å². The number of anilines is 2. The number of nitriles is 1. The molecule has 0 bridgehead atoms. The summed E-state index contributed by atoms with van der Waals surface area (Å²) in [5.41, 5.74) is 10.3. The quantitative estimate of drug-likeness (QED) is 0.214. The van der Waals surface area contributed by atoms with Crippen LogP contribution in [-0.2, 0) is 12.8 Å². The Kier molecular flexibility index (Phi) is 8.03. The fraction of sp³-hybridized carbons (Fsp3) is 0.522. The minimum atomic E-state index is 0.00854. The van der Waals surface area contributed by atoms with Gasteiger partial charge < -0.3 is 16.0 Å². The highest BCUT2D eigenvalue weighted by Crippen LogP contribution is 2.37. The number of piperidine rings is 1. The Labute approximate surface area is 210 Å². The molecule has 2 aromatic rings. The van der Waals surface area contributed by atoms with Gasteiger partial charge in [-0.25, -0.2) is 10.8 Å². The molecule has 2 aliphatic heterocycles. The van der Waals surface area contributed by atoms with E-state index in [9.17, 15) is 5.26 Å². The zero-order chi connectivity index (χ0) is 23.4. The summed E-state index contributed by atoms with van der Waals surface area (Å²) in [6.07, 6.45) is 7.12. The molecule has 0 radical (unpaired) electrons. The monoisotopic (exact) mass is 578 g/mol. The fourth-order valence-corrected chi connectivity index (χ4v) is 5.57. The van der Waals surface area contributed by atoms with E-state index in [1.54, 1.807) is 4.78 Å². The van der Waals surface area contributed by atoms with Gasteiger partial charge in [-0.3, -0.25) is 9.76 Å². The first-order valence-electron chi connectivity index (χ1n) is 11.4. The lowest BCUT2D eigenvalue weighted by Crippen LogP contribution is -2.42. The summed E-state index contributed by atoms with van der Waals surface area (Å²) in [4.78, 5) is 12.2. The van der Waals surface area contributed by atoms with Gasteiger partial charge in [-0.15, -0.1) is 0 Å². The Morgan fingerprint density at radius 2 is 2.15 bits per heavy atom.